The van der Waals surface area contributed by atoms with Crippen LogP contribution in [0.1, 0.15) is 44.5 Å². The summed E-state index contributed by atoms with van der Waals surface area (Å²) in [5, 5.41) is 3.23. The molecule has 0 unspecified atom stereocenters. The van der Waals surface area contributed by atoms with Crippen molar-refractivity contribution in [3.8, 4) is 0 Å². The molecule has 6 nitrogen and oxygen atoms in total. The lowest BCUT2D eigenvalue weighted by Gasteiger charge is -2.18. The average Bonchev–Trinajstić information content (AvgIpc) is 2.97. The Bertz CT molecular complexity index is 1010. The predicted molar refractivity (Wildman–Crippen MR) is 104 cm³/mol. The van der Waals surface area contributed by atoms with E-state index in [-0.39, 0.29) is 10.5 Å². The molecule has 2 aromatic rings. The van der Waals surface area contributed by atoms with E-state index in [0.29, 0.717) is 16.5 Å². The van der Waals surface area contributed by atoms with Gasteiger partial charge in [-0.25, -0.2) is 13.2 Å². The lowest BCUT2D eigenvalue weighted by atomic mass is 9.88. The maximum atomic E-state index is 12.7. The molecule has 144 valence electrons. The van der Waals surface area contributed by atoms with Crippen LogP contribution in [0.15, 0.2) is 29.2 Å². The number of methoxy groups -OCH3 is 1. The molecule has 0 saturated heterocycles. The molecule has 1 heterocycles. The summed E-state index contributed by atoms with van der Waals surface area (Å²) >= 11 is 1.39. The van der Waals surface area contributed by atoms with Gasteiger partial charge >= 0.3 is 5.97 Å². The molecule has 1 aromatic heterocycles. The third kappa shape index (κ3) is 4.06. The summed E-state index contributed by atoms with van der Waals surface area (Å²) in [5.41, 5.74) is 1.58. The van der Waals surface area contributed by atoms with Gasteiger partial charge in [0.25, 0.3) is 5.91 Å². The highest BCUT2D eigenvalue weighted by molar-refractivity contribution is 7.90. The summed E-state index contributed by atoms with van der Waals surface area (Å²) in [6.07, 6.45) is 3.71. The van der Waals surface area contributed by atoms with Crippen LogP contribution in [0.25, 0.3) is 0 Å². The van der Waals surface area contributed by atoms with E-state index in [0.717, 1.165) is 36.0 Å². The number of sulfone groups is 1. The standard InChI is InChI=1S/C19H21NO5S2/c1-11-7-8-14-15(9-11)26-18(16(14)19(22)25-2)20-17(21)12-5-4-6-13(10-12)27(3,23)24/h4-6,10-11H,7-9H2,1-3H3,(H,20,21)/t11-/m1/s1. The van der Waals surface area contributed by atoms with Crippen LogP contribution in [0.4, 0.5) is 5.00 Å². The van der Waals surface area contributed by atoms with Crippen LogP contribution < -0.4 is 5.32 Å². The van der Waals surface area contributed by atoms with Gasteiger partial charge in [0.05, 0.1) is 17.6 Å². The molecular formula is C19H21NO5S2. The van der Waals surface area contributed by atoms with E-state index in [1.165, 1.54) is 42.7 Å². The van der Waals surface area contributed by atoms with E-state index in [9.17, 15) is 18.0 Å². The highest BCUT2D eigenvalue weighted by Gasteiger charge is 2.29. The third-order valence-corrected chi connectivity index (χ3v) is 6.93. The maximum absolute atomic E-state index is 12.7. The summed E-state index contributed by atoms with van der Waals surface area (Å²) in [6, 6.07) is 5.83. The minimum atomic E-state index is -3.42. The number of carbonyl (C=O) groups is 2. The summed E-state index contributed by atoms with van der Waals surface area (Å²) in [6.45, 7) is 2.16. The molecule has 1 atom stereocenters. The van der Waals surface area contributed by atoms with Gasteiger partial charge in [-0.2, -0.15) is 0 Å². The molecule has 0 spiro atoms. The Morgan fingerprint density at radius 1 is 1.30 bits per heavy atom. The van der Waals surface area contributed by atoms with E-state index >= 15 is 0 Å². The van der Waals surface area contributed by atoms with E-state index in [1.54, 1.807) is 0 Å². The van der Waals surface area contributed by atoms with Crippen LogP contribution in [0.2, 0.25) is 0 Å². The zero-order chi connectivity index (χ0) is 19.8. The number of hydrogen-bond acceptors (Lipinski definition) is 6. The first kappa shape index (κ1) is 19.6. The molecule has 1 N–H and O–H groups in total. The van der Waals surface area contributed by atoms with Gasteiger partial charge in [-0.3, -0.25) is 4.79 Å². The Morgan fingerprint density at radius 3 is 2.70 bits per heavy atom. The Morgan fingerprint density at radius 2 is 2.04 bits per heavy atom. The quantitative estimate of drug-likeness (QED) is 0.786. The first-order valence-electron chi connectivity index (χ1n) is 8.55. The van der Waals surface area contributed by atoms with Crippen LogP contribution in [-0.2, 0) is 27.4 Å². The zero-order valence-corrected chi connectivity index (χ0v) is 17.0. The number of esters is 1. The lowest BCUT2D eigenvalue weighted by molar-refractivity contribution is 0.0601. The van der Waals surface area contributed by atoms with E-state index < -0.39 is 21.7 Å². The van der Waals surface area contributed by atoms with Gasteiger partial charge in [-0.05, 0) is 48.9 Å². The number of amides is 1. The number of anilines is 1. The van der Waals surface area contributed by atoms with Crippen LogP contribution >= 0.6 is 11.3 Å². The van der Waals surface area contributed by atoms with Crippen molar-refractivity contribution in [2.45, 2.75) is 31.1 Å². The van der Waals surface area contributed by atoms with Crippen LogP contribution in [-0.4, -0.2) is 33.7 Å². The highest BCUT2D eigenvalue weighted by atomic mass is 32.2. The molecule has 1 amide bonds. The number of ether oxygens (including phenoxy) is 1. The lowest BCUT2D eigenvalue weighted by Crippen LogP contribution is -2.16. The summed E-state index contributed by atoms with van der Waals surface area (Å²) in [4.78, 5) is 26.2. The van der Waals surface area contributed by atoms with Gasteiger partial charge in [0, 0.05) is 16.7 Å². The van der Waals surface area contributed by atoms with Crippen LogP contribution in [0.3, 0.4) is 0 Å². The summed E-state index contributed by atoms with van der Waals surface area (Å²) < 4.78 is 28.4. The molecule has 0 radical (unpaired) electrons. The van der Waals surface area contributed by atoms with Gasteiger partial charge in [-0.1, -0.05) is 13.0 Å². The second kappa shape index (κ2) is 7.44. The van der Waals surface area contributed by atoms with E-state index in [1.807, 2.05) is 0 Å². The molecule has 0 bridgehead atoms. The molecule has 1 aromatic carbocycles. The summed E-state index contributed by atoms with van der Waals surface area (Å²) in [5.74, 6) is -0.406. The van der Waals surface area contributed by atoms with Crippen LogP contribution in [0, 0.1) is 5.92 Å². The third-order valence-electron chi connectivity index (χ3n) is 4.65. The van der Waals surface area contributed by atoms with Crippen molar-refractivity contribution in [3.05, 3.63) is 45.8 Å². The van der Waals surface area contributed by atoms with Gasteiger partial charge in [0.15, 0.2) is 9.84 Å². The van der Waals surface area contributed by atoms with Crippen LogP contribution in [0.5, 0.6) is 0 Å². The summed E-state index contributed by atoms with van der Waals surface area (Å²) in [7, 11) is -2.10. The Labute approximate surface area is 162 Å². The highest BCUT2D eigenvalue weighted by Crippen LogP contribution is 2.40. The second-order valence-corrected chi connectivity index (χ2v) is 9.92. The predicted octanol–water partition coefficient (Wildman–Crippen LogP) is 3.32. The van der Waals surface area contributed by atoms with E-state index in [2.05, 4.69) is 12.2 Å². The fourth-order valence-corrected chi connectivity index (χ4v) is 5.26. The molecule has 1 aliphatic rings. The van der Waals surface area contributed by atoms with Crippen molar-refractivity contribution in [2.75, 3.05) is 18.7 Å². The van der Waals surface area contributed by atoms with Crippen molar-refractivity contribution >= 4 is 38.1 Å². The molecule has 0 saturated carbocycles. The number of fused-ring (bicyclic) bond motifs is 1. The van der Waals surface area contributed by atoms with Gasteiger partial charge in [0.2, 0.25) is 0 Å². The Kier molecular flexibility index (Phi) is 5.39. The maximum Gasteiger partial charge on any atom is 0.341 e. The molecule has 1 aliphatic carbocycles. The van der Waals surface area contributed by atoms with Gasteiger partial charge < -0.3 is 10.1 Å². The van der Waals surface area contributed by atoms with Crippen molar-refractivity contribution in [1.82, 2.24) is 0 Å². The second-order valence-electron chi connectivity index (χ2n) is 6.80. The first-order valence-corrected chi connectivity index (χ1v) is 11.3. The monoisotopic (exact) mass is 407 g/mol. The fraction of sp³-hybridized carbons (Fsp3) is 0.368. The number of nitrogens with one attached hydrogen (secondary N) is 1. The molecular weight excluding hydrogens is 386 g/mol. The normalized spacial score (nSPS) is 16.5. The molecule has 3 rings (SSSR count). The van der Waals surface area contributed by atoms with Gasteiger partial charge in [-0.15, -0.1) is 11.3 Å². The SMILES string of the molecule is COC(=O)c1c(NC(=O)c2cccc(S(C)(=O)=O)c2)sc2c1CC[C@@H](C)C2. The fourth-order valence-electron chi connectivity index (χ4n) is 3.20. The van der Waals surface area contributed by atoms with Gasteiger partial charge in [0.1, 0.15) is 5.00 Å². The Balaban J connectivity index is 1.96. The van der Waals surface area contributed by atoms with Crippen molar-refractivity contribution in [2.24, 2.45) is 5.92 Å². The van der Waals surface area contributed by atoms with E-state index in [4.69, 9.17) is 4.74 Å². The molecule has 0 aliphatic heterocycles. The molecule has 8 heteroatoms. The number of rotatable bonds is 4. The average molecular weight is 408 g/mol. The van der Waals surface area contributed by atoms with Crippen molar-refractivity contribution in [1.29, 1.82) is 0 Å². The first-order chi connectivity index (χ1) is 12.7. The number of carbonyl (C=O) groups excluding carboxylic acids is 2. The Hall–Kier alpha value is -2.19. The topological polar surface area (TPSA) is 89.5 Å². The largest absolute Gasteiger partial charge is 0.465 e. The number of thiophene rings is 1. The zero-order valence-electron chi connectivity index (χ0n) is 15.4. The minimum absolute atomic E-state index is 0.0719. The number of hydrogen-bond donors (Lipinski definition) is 1. The number of benzene rings is 1. The molecule has 0 fully saturated rings. The minimum Gasteiger partial charge on any atom is -0.465 e. The molecule has 27 heavy (non-hydrogen) atoms. The van der Waals surface area contributed by atoms with Crippen molar-refractivity contribution in [3.63, 3.8) is 0 Å². The van der Waals surface area contributed by atoms with Crippen molar-refractivity contribution < 1.29 is 22.7 Å². The smallest absolute Gasteiger partial charge is 0.341 e.